The molecule has 0 saturated heterocycles. The predicted octanol–water partition coefficient (Wildman–Crippen LogP) is 1.42. The van der Waals surface area contributed by atoms with Crippen LogP contribution in [0.2, 0.25) is 0 Å². The predicted molar refractivity (Wildman–Crippen MR) is 57.5 cm³/mol. The second kappa shape index (κ2) is 3.48. The van der Waals surface area contributed by atoms with Gasteiger partial charge in [0.25, 0.3) is 5.91 Å². The van der Waals surface area contributed by atoms with Gasteiger partial charge in [0.1, 0.15) is 5.70 Å². The van der Waals surface area contributed by atoms with Crippen LogP contribution in [0.3, 0.4) is 0 Å². The maximum absolute atomic E-state index is 11.3. The molecule has 0 atom stereocenters. The van der Waals surface area contributed by atoms with Gasteiger partial charge in [0.2, 0.25) is 0 Å². The Labute approximate surface area is 85.3 Å². The quantitative estimate of drug-likeness (QED) is 0.686. The largest absolute Gasteiger partial charge is 0.364 e. The minimum absolute atomic E-state index is 0.0730. The van der Waals surface area contributed by atoms with Crippen LogP contribution in [0.15, 0.2) is 23.4 Å². The smallest absolute Gasteiger partial charge is 0.265 e. The van der Waals surface area contributed by atoms with Crippen LogP contribution in [0.4, 0.5) is 0 Å². The number of primary amides is 1. The Balaban J connectivity index is 3.12. The van der Waals surface area contributed by atoms with E-state index in [9.17, 15) is 4.79 Å². The van der Waals surface area contributed by atoms with Crippen molar-refractivity contribution in [1.29, 1.82) is 0 Å². The molecule has 1 amide bonds. The first-order chi connectivity index (χ1) is 6.34. The molecule has 1 rings (SSSR count). The zero-order valence-corrected chi connectivity index (χ0v) is 9.29. The SMILES string of the molecule is CC1=C(C(N)=O)N(C(C)(C)C)CC=C1. The Morgan fingerprint density at radius 2 is 2.07 bits per heavy atom. The molecule has 3 nitrogen and oxygen atoms in total. The van der Waals surface area contributed by atoms with E-state index in [2.05, 4.69) is 20.8 Å². The van der Waals surface area contributed by atoms with Crippen LogP contribution in [-0.2, 0) is 4.79 Å². The highest BCUT2D eigenvalue weighted by atomic mass is 16.1. The number of carbonyl (C=O) groups is 1. The second-order valence-corrected chi connectivity index (χ2v) is 4.58. The lowest BCUT2D eigenvalue weighted by atomic mass is 10.00. The van der Waals surface area contributed by atoms with Gasteiger partial charge >= 0.3 is 0 Å². The Morgan fingerprint density at radius 3 is 2.43 bits per heavy atom. The maximum Gasteiger partial charge on any atom is 0.265 e. The van der Waals surface area contributed by atoms with E-state index in [0.717, 1.165) is 12.1 Å². The van der Waals surface area contributed by atoms with Crippen LogP contribution >= 0.6 is 0 Å². The van der Waals surface area contributed by atoms with Gasteiger partial charge in [-0.05, 0) is 33.3 Å². The average molecular weight is 194 g/mol. The highest BCUT2D eigenvalue weighted by Crippen LogP contribution is 2.25. The van der Waals surface area contributed by atoms with Crippen molar-refractivity contribution >= 4 is 5.91 Å². The number of hydrogen-bond donors (Lipinski definition) is 1. The van der Waals surface area contributed by atoms with E-state index in [1.54, 1.807) is 0 Å². The third kappa shape index (κ3) is 1.97. The molecule has 0 spiro atoms. The van der Waals surface area contributed by atoms with Crippen molar-refractivity contribution in [3.05, 3.63) is 23.4 Å². The minimum Gasteiger partial charge on any atom is -0.364 e. The molecule has 3 heteroatoms. The molecule has 0 aromatic carbocycles. The number of hydrogen-bond acceptors (Lipinski definition) is 2. The third-order valence-electron chi connectivity index (χ3n) is 2.34. The van der Waals surface area contributed by atoms with Crippen molar-refractivity contribution < 1.29 is 4.79 Å². The van der Waals surface area contributed by atoms with Crippen molar-refractivity contribution in [2.45, 2.75) is 33.2 Å². The van der Waals surface area contributed by atoms with Crippen molar-refractivity contribution in [2.75, 3.05) is 6.54 Å². The first-order valence-electron chi connectivity index (χ1n) is 4.79. The molecule has 78 valence electrons. The number of rotatable bonds is 1. The van der Waals surface area contributed by atoms with Crippen LogP contribution in [0.1, 0.15) is 27.7 Å². The van der Waals surface area contributed by atoms with Crippen LogP contribution in [-0.4, -0.2) is 22.9 Å². The third-order valence-corrected chi connectivity index (χ3v) is 2.34. The van der Waals surface area contributed by atoms with Crippen molar-refractivity contribution in [3.8, 4) is 0 Å². The standard InChI is InChI=1S/C11H18N2O/c1-8-6-5-7-13(11(2,3)4)9(8)10(12)14/h5-6H,7H2,1-4H3,(H2,12,14). The first-order valence-corrected chi connectivity index (χ1v) is 4.79. The second-order valence-electron chi connectivity index (χ2n) is 4.58. The molecule has 0 bridgehead atoms. The van der Waals surface area contributed by atoms with Crippen LogP contribution < -0.4 is 5.73 Å². The number of nitrogens with zero attached hydrogens (tertiary/aromatic N) is 1. The highest BCUT2D eigenvalue weighted by Gasteiger charge is 2.28. The van der Waals surface area contributed by atoms with E-state index < -0.39 is 0 Å². The summed E-state index contributed by atoms with van der Waals surface area (Å²) < 4.78 is 0. The number of amides is 1. The van der Waals surface area contributed by atoms with Crippen molar-refractivity contribution in [1.82, 2.24) is 4.90 Å². The molecular formula is C11H18N2O. The molecule has 1 heterocycles. The molecule has 1 aliphatic rings. The fourth-order valence-electron chi connectivity index (χ4n) is 1.65. The van der Waals surface area contributed by atoms with E-state index in [1.807, 2.05) is 24.0 Å². The molecule has 2 N–H and O–H groups in total. The molecule has 0 saturated carbocycles. The monoisotopic (exact) mass is 194 g/mol. The van der Waals surface area contributed by atoms with Gasteiger partial charge in [0.05, 0.1) is 0 Å². The Bertz CT molecular complexity index is 308. The molecule has 0 aromatic heterocycles. The highest BCUT2D eigenvalue weighted by molar-refractivity contribution is 5.93. The summed E-state index contributed by atoms with van der Waals surface area (Å²) in [7, 11) is 0. The maximum atomic E-state index is 11.3. The van der Waals surface area contributed by atoms with Crippen LogP contribution in [0.5, 0.6) is 0 Å². The van der Waals surface area contributed by atoms with Gasteiger partial charge in [-0.15, -0.1) is 0 Å². The molecule has 0 radical (unpaired) electrons. The van der Waals surface area contributed by atoms with Gasteiger partial charge in [0, 0.05) is 12.1 Å². The molecule has 0 aliphatic carbocycles. The van der Waals surface area contributed by atoms with Crippen LogP contribution in [0, 0.1) is 0 Å². The zero-order valence-electron chi connectivity index (χ0n) is 9.29. The lowest BCUT2D eigenvalue weighted by Crippen LogP contribution is -2.45. The van der Waals surface area contributed by atoms with E-state index in [0.29, 0.717) is 5.70 Å². The van der Waals surface area contributed by atoms with Gasteiger partial charge in [-0.3, -0.25) is 4.79 Å². The Hall–Kier alpha value is -1.25. The van der Waals surface area contributed by atoms with Gasteiger partial charge in [-0.2, -0.15) is 0 Å². The summed E-state index contributed by atoms with van der Waals surface area (Å²) in [4.78, 5) is 13.3. The Kier molecular flexibility index (Phi) is 2.69. The zero-order chi connectivity index (χ0) is 10.9. The summed E-state index contributed by atoms with van der Waals surface area (Å²) in [6.45, 7) is 8.88. The van der Waals surface area contributed by atoms with Crippen molar-refractivity contribution in [3.63, 3.8) is 0 Å². The summed E-state index contributed by atoms with van der Waals surface area (Å²) in [5.74, 6) is -0.346. The minimum atomic E-state index is -0.346. The first kappa shape index (κ1) is 10.8. The summed E-state index contributed by atoms with van der Waals surface area (Å²) in [5, 5.41) is 0. The summed E-state index contributed by atoms with van der Waals surface area (Å²) >= 11 is 0. The number of carbonyl (C=O) groups excluding carboxylic acids is 1. The van der Waals surface area contributed by atoms with Gasteiger partial charge in [0.15, 0.2) is 0 Å². The number of allylic oxidation sites excluding steroid dienone is 2. The van der Waals surface area contributed by atoms with Gasteiger partial charge in [-0.25, -0.2) is 0 Å². The normalized spacial score (nSPS) is 17.6. The summed E-state index contributed by atoms with van der Waals surface area (Å²) in [5.41, 5.74) is 6.88. The lowest BCUT2D eigenvalue weighted by molar-refractivity contribution is -0.116. The number of nitrogens with two attached hydrogens (primary N) is 1. The van der Waals surface area contributed by atoms with Gasteiger partial charge < -0.3 is 10.6 Å². The van der Waals surface area contributed by atoms with E-state index in [1.165, 1.54) is 0 Å². The molecule has 1 aliphatic heterocycles. The summed E-state index contributed by atoms with van der Waals surface area (Å²) in [6.07, 6.45) is 4.00. The molecule has 0 unspecified atom stereocenters. The van der Waals surface area contributed by atoms with Gasteiger partial charge in [-0.1, -0.05) is 12.2 Å². The summed E-state index contributed by atoms with van der Waals surface area (Å²) in [6, 6.07) is 0. The van der Waals surface area contributed by atoms with E-state index in [4.69, 9.17) is 5.73 Å². The fraction of sp³-hybridized carbons (Fsp3) is 0.545. The topological polar surface area (TPSA) is 46.3 Å². The van der Waals surface area contributed by atoms with Crippen molar-refractivity contribution in [2.24, 2.45) is 5.73 Å². The Morgan fingerprint density at radius 1 is 1.50 bits per heavy atom. The fourth-order valence-corrected chi connectivity index (χ4v) is 1.65. The molecule has 0 aromatic rings. The molecule has 14 heavy (non-hydrogen) atoms. The molecular weight excluding hydrogens is 176 g/mol. The lowest BCUT2D eigenvalue weighted by Gasteiger charge is -2.39. The van der Waals surface area contributed by atoms with E-state index in [-0.39, 0.29) is 11.4 Å². The average Bonchev–Trinajstić information content (AvgIpc) is 2.01. The van der Waals surface area contributed by atoms with E-state index >= 15 is 0 Å². The molecule has 0 fully saturated rings. The van der Waals surface area contributed by atoms with Crippen LogP contribution in [0.25, 0.3) is 0 Å².